The molecule has 1 amide bonds. The highest BCUT2D eigenvalue weighted by Gasteiger charge is 2.35. The second-order valence-electron chi connectivity index (χ2n) is 4.99. The summed E-state index contributed by atoms with van der Waals surface area (Å²) in [6, 6.07) is 0.734. The summed E-state index contributed by atoms with van der Waals surface area (Å²) in [5, 5.41) is 10.4. The number of carbonyl (C=O) groups excluding carboxylic acids is 1. The predicted molar refractivity (Wildman–Crippen MR) is 72.1 cm³/mol. The van der Waals surface area contributed by atoms with Gasteiger partial charge in [0.05, 0.1) is 5.69 Å². The molecule has 1 N–H and O–H groups in total. The fourth-order valence-electron chi connectivity index (χ4n) is 2.18. The van der Waals surface area contributed by atoms with Crippen LogP contribution in [0.1, 0.15) is 33.1 Å². The molecule has 22 heavy (non-hydrogen) atoms. The molecule has 0 bridgehead atoms. The maximum Gasteiger partial charge on any atom is 0.433 e. The summed E-state index contributed by atoms with van der Waals surface area (Å²) in [4.78, 5) is 12.0. The molecule has 120 valence electrons. The van der Waals surface area contributed by atoms with Crippen molar-refractivity contribution >= 4 is 5.91 Å². The molecule has 2 aromatic heterocycles. The number of nitrogens with one attached hydrogen (secondary N) is 1. The molecule has 0 saturated heterocycles. The minimum atomic E-state index is -4.54. The smallest absolute Gasteiger partial charge is 0.346 e. The Labute approximate surface area is 124 Å². The highest BCUT2D eigenvalue weighted by atomic mass is 19.4. The summed E-state index contributed by atoms with van der Waals surface area (Å²) < 4.78 is 40.4. The van der Waals surface area contributed by atoms with Crippen molar-refractivity contribution in [1.82, 2.24) is 24.9 Å². The van der Waals surface area contributed by atoms with Crippen molar-refractivity contribution in [2.24, 2.45) is 14.1 Å². The molecule has 2 rings (SSSR count). The lowest BCUT2D eigenvalue weighted by Crippen LogP contribution is -2.24. The number of aromatic nitrogens is 4. The van der Waals surface area contributed by atoms with Crippen LogP contribution in [0.5, 0.6) is 0 Å². The highest BCUT2D eigenvalue weighted by Crippen LogP contribution is 2.29. The molecule has 6 nitrogen and oxygen atoms in total. The number of rotatable bonds is 3. The Kier molecular flexibility index (Phi) is 3.99. The molecule has 0 aromatic carbocycles. The van der Waals surface area contributed by atoms with Crippen molar-refractivity contribution in [3.8, 4) is 0 Å². The average Bonchev–Trinajstić information content (AvgIpc) is 2.89. The van der Waals surface area contributed by atoms with Gasteiger partial charge >= 0.3 is 6.18 Å². The van der Waals surface area contributed by atoms with Crippen molar-refractivity contribution in [2.75, 3.05) is 0 Å². The molecule has 2 aromatic rings. The van der Waals surface area contributed by atoms with E-state index in [0.29, 0.717) is 4.68 Å². The van der Waals surface area contributed by atoms with E-state index in [-0.39, 0.29) is 12.2 Å². The quantitative estimate of drug-likeness (QED) is 0.938. The first-order valence-electron chi connectivity index (χ1n) is 6.49. The summed E-state index contributed by atoms with van der Waals surface area (Å²) >= 11 is 0. The van der Waals surface area contributed by atoms with E-state index in [9.17, 15) is 18.0 Å². The standard InChI is InChI=1S/C13H16F3N5O/c1-7-9(8(2)20(3)18-7)6-17-12(22)10-5-11(13(14,15)16)21(4)19-10/h5H,6H2,1-4H3,(H,17,22). The first-order chi connectivity index (χ1) is 10.1. The molecule has 9 heteroatoms. The first-order valence-corrected chi connectivity index (χ1v) is 6.49. The van der Waals surface area contributed by atoms with Crippen LogP contribution in [-0.2, 0) is 26.8 Å². The zero-order chi connectivity index (χ0) is 16.7. The molecule has 0 radical (unpaired) electrons. The Balaban J connectivity index is 2.13. The summed E-state index contributed by atoms with van der Waals surface area (Å²) in [6.45, 7) is 3.84. The Hall–Kier alpha value is -2.32. The minimum Gasteiger partial charge on any atom is -0.346 e. The van der Waals surface area contributed by atoms with Gasteiger partial charge in [-0.25, -0.2) is 0 Å². The van der Waals surface area contributed by atoms with Gasteiger partial charge in [0.15, 0.2) is 5.69 Å². The Morgan fingerprint density at radius 1 is 1.23 bits per heavy atom. The fourth-order valence-corrected chi connectivity index (χ4v) is 2.18. The Bertz CT molecular complexity index is 714. The second kappa shape index (κ2) is 5.47. The number of hydrogen-bond donors (Lipinski definition) is 1. The number of hydrogen-bond acceptors (Lipinski definition) is 3. The molecule has 0 unspecified atom stereocenters. The van der Waals surface area contributed by atoms with Crippen molar-refractivity contribution in [2.45, 2.75) is 26.6 Å². The van der Waals surface area contributed by atoms with Crippen LogP contribution in [0.25, 0.3) is 0 Å². The number of alkyl halides is 3. The van der Waals surface area contributed by atoms with E-state index in [0.717, 1.165) is 30.1 Å². The molecule has 2 heterocycles. The fraction of sp³-hybridized carbons (Fsp3) is 0.462. The van der Waals surface area contributed by atoms with E-state index in [1.54, 1.807) is 18.7 Å². The van der Waals surface area contributed by atoms with Crippen LogP contribution < -0.4 is 5.32 Å². The average molecular weight is 315 g/mol. The normalized spacial score (nSPS) is 11.8. The van der Waals surface area contributed by atoms with Gasteiger partial charge in [-0.1, -0.05) is 0 Å². The predicted octanol–water partition coefficient (Wildman–Crippen LogP) is 1.72. The monoisotopic (exact) mass is 315 g/mol. The summed E-state index contributed by atoms with van der Waals surface area (Å²) in [7, 11) is 2.93. The van der Waals surface area contributed by atoms with E-state index in [2.05, 4.69) is 15.5 Å². The molecule has 0 spiro atoms. The van der Waals surface area contributed by atoms with Gasteiger partial charge in [-0.3, -0.25) is 14.2 Å². The lowest BCUT2D eigenvalue weighted by atomic mass is 10.2. The third-order valence-electron chi connectivity index (χ3n) is 3.49. The number of carbonyl (C=O) groups is 1. The second-order valence-corrected chi connectivity index (χ2v) is 4.99. The summed E-state index contributed by atoms with van der Waals surface area (Å²) in [5.74, 6) is -0.659. The van der Waals surface area contributed by atoms with Crippen LogP contribution in [0.4, 0.5) is 13.2 Å². The van der Waals surface area contributed by atoms with Gasteiger partial charge in [0.1, 0.15) is 5.69 Å². The van der Waals surface area contributed by atoms with Gasteiger partial charge in [0.2, 0.25) is 0 Å². The van der Waals surface area contributed by atoms with Gasteiger partial charge in [-0.05, 0) is 13.8 Å². The zero-order valence-electron chi connectivity index (χ0n) is 12.6. The highest BCUT2D eigenvalue weighted by molar-refractivity contribution is 5.92. The third kappa shape index (κ3) is 2.97. The van der Waals surface area contributed by atoms with Crippen LogP contribution in [0.3, 0.4) is 0 Å². The van der Waals surface area contributed by atoms with Crippen molar-refractivity contribution in [1.29, 1.82) is 0 Å². The largest absolute Gasteiger partial charge is 0.433 e. The SMILES string of the molecule is Cc1nn(C)c(C)c1CNC(=O)c1cc(C(F)(F)F)n(C)n1. The number of aryl methyl sites for hydroxylation is 3. The molecule has 0 atom stereocenters. The van der Waals surface area contributed by atoms with Gasteiger partial charge in [-0.2, -0.15) is 23.4 Å². The van der Waals surface area contributed by atoms with E-state index in [1.807, 2.05) is 6.92 Å². The van der Waals surface area contributed by atoms with E-state index >= 15 is 0 Å². The van der Waals surface area contributed by atoms with E-state index in [4.69, 9.17) is 0 Å². The van der Waals surface area contributed by atoms with Crippen LogP contribution >= 0.6 is 0 Å². The summed E-state index contributed by atoms with van der Waals surface area (Å²) in [6.07, 6.45) is -4.54. The van der Waals surface area contributed by atoms with E-state index < -0.39 is 17.8 Å². The third-order valence-corrected chi connectivity index (χ3v) is 3.49. The first kappa shape index (κ1) is 16.1. The zero-order valence-corrected chi connectivity index (χ0v) is 12.6. The van der Waals surface area contributed by atoms with Crippen LogP contribution in [0, 0.1) is 13.8 Å². The topological polar surface area (TPSA) is 64.7 Å². The van der Waals surface area contributed by atoms with Crippen LogP contribution in [0.2, 0.25) is 0 Å². The lowest BCUT2D eigenvalue weighted by molar-refractivity contribution is -0.143. The summed E-state index contributed by atoms with van der Waals surface area (Å²) in [5.41, 5.74) is 1.25. The van der Waals surface area contributed by atoms with Crippen molar-refractivity contribution < 1.29 is 18.0 Å². The van der Waals surface area contributed by atoms with Gasteiger partial charge < -0.3 is 5.32 Å². The molecule has 0 saturated carbocycles. The maximum absolute atomic E-state index is 12.7. The number of amides is 1. The molecular formula is C13H16F3N5O. The molecule has 0 aliphatic rings. The Morgan fingerprint density at radius 3 is 2.32 bits per heavy atom. The number of halogens is 3. The lowest BCUT2D eigenvalue weighted by Gasteiger charge is -2.04. The van der Waals surface area contributed by atoms with Crippen molar-refractivity contribution in [3.05, 3.63) is 34.4 Å². The van der Waals surface area contributed by atoms with Crippen LogP contribution in [-0.4, -0.2) is 25.5 Å². The van der Waals surface area contributed by atoms with Gasteiger partial charge in [0, 0.05) is 38.0 Å². The van der Waals surface area contributed by atoms with E-state index in [1.165, 1.54) is 0 Å². The molecule has 0 aliphatic heterocycles. The minimum absolute atomic E-state index is 0.183. The van der Waals surface area contributed by atoms with Crippen molar-refractivity contribution in [3.63, 3.8) is 0 Å². The van der Waals surface area contributed by atoms with Gasteiger partial charge in [0.25, 0.3) is 5.91 Å². The molecule has 0 aliphatic carbocycles. The van der Waals surface area contributed by atoms with Gasteiger partial charge in [-0.15, -0.1) is 0 Å². The molecule has 0 fully saturated rings. The maximum atomic E-state index is 12.7. The molecular weight excluding hydrogens is 299 g/mol. The Morgan fingerprint density at radius 2 is 1.86 bits per heavy atom. The number of nitrogens with zero attached hydrogens (tertiary/aromatic N) is 4. The van der Waals surface area contributed by atoms with Crippen LogP contribution in [0.15, 0.2) is 6.07 Å².